The third kappa shape index (κ3) is 2.66. The van der Waals surface area contributed by atoms with Crippen LogP contribution in [0.25, 0.3) is 10.9 Å². The summed E-state index contributed by atoms with van der Waals surface area (Å²) >= 11 is 0. The highest BCUT2D eigenvalue weighted by Crippen LogP contribution is 2.27. The summed E-state index contributed by atoms with van der Waals surface area (Å²) in [5, 5.41) is 0.870. The first-order chi connectivity index (χ1) is 9.02. The Morgan fingerprint density at radius 3 is 2.63 bits per heavy atom. The van der Waals surface area contributed by atoms with Crippen LogP contribution in [0.3, 0.4) is 0 Å². The van der Waals surface area contributed by atoms with E-state index in [1.54, 1.807) is 18.2 Å². The lowest BCUT2D eigenvalue weighted by atomic mass is 10.1. The summed E-state index contributed by atoms with van der Waals surface area (Å²) in [5.74, 6) is 0.0584. The number of ketones is 1. The Balaban J connectivity index is 2.58. The highest BCUT2D eigenvalue weighted by Gasteiger charge is 2.15. The molecule has 19 heavy (non-hydrogen) atoms. The average molecular weight is 260 g/mol. The van der Waals surface area contributed by atoms with Crippen LogP contribution in [0, 0.1) is 0 Å². The van der Waals surface area contributed by atoms with E-state index in [4.69, 9.17) is 10.5 Å². The van der Waals surface area contributed by atoms with Gasteiger partial charge in [-0.3, -0.25) is 9.59 Å². The molecule has 100 valence electrons. The number of H-pyrrole nitrogens is 1. The number of hydrogen-bond acceptors (Lipinski definition) is 4. The summed E-state index contributed by atoms with van der Waals surface area (Å²) in [6.07, 6.45) is 0.596. The maximum atomic E-state index is 11.6. The number of aromatic nitrogens is 1. The van der Waals surface area contributed by atoms with Gasteiger partial charge in [0, 0.05) is 24.8 Å². The normalized spacial score (nSPS) is 10.7. The Morgan fingerprint density at radius 2 is 2.05 bits per heavy atom. The van der Waals surface area contributed by atoms with E-state index in [1.165, 1.54) is 13.8 Å². The molecule has 1 aromatic carbocycles. The van der Waals surface area contributed by atoms with Gasteiger partial charge >= 0.3 is 5.97 Å². The molecule has 0 saturated carbocycles. The molecule has 0 bridgehead atoms. The van der Waals surface area contributed by atoms with E-state index in [0.717, 1.165) is 16.5 Å². The van der Waals surface area contributed by atoms with Crippen LogP contribution in [0.2, 0.25) is 0 Å². The first-order valence-corrected chi connectivity index (χ1v) is 6.07. The lowest BCUT2D eigenvalue weighted by Gasteiger charge is -2.02. The van der Waals surface area contributed by atoms with Gasteiger partial charge in [-0.1, -0.05) is 0 Å². The quantitative estimate of drug-likeness (QED) is 0.498. The number of ether oxygens (including phenoxy) is 1. The van der Waals surface area contributed by atoms with Crippen LogP contribution in [-0.4, -0.2) is 23.3 Å². The monoisotopic (exact) mass is 260 g/mol. The summed E-state index contributed by atoms with van der Waals surface area (Å²) in [6.45, 7) is 3.31. The van der Waals surface area contributed by atoms with Gasteiger partial charge in [0.05, 0.1) is 5.69 Å². The van der Waals surface area contributed by atoms with E-state index in [9.17, 15) is 9.59 Å². The number of Topliss-reactive ketones (excluding diaryl/α,β-unsaturated/α-hetero) is 1. The molecule has 2 aromatic rings. The van der Waals surface area contributed by atoms with Gasteiger partial charge < -0.3 is 15.5 Å². The van der Waals surface area contributed by atoms with Crippen molar-refractivity contribution in [3.8, 4) is 5.75 Å². The number of carbonyl (C=O) groups excluding carboxylic acids is 2. The first kappa shape index (κ1) is 13.3. The predicted molar refractivity (Wildman–Crippen MR) is 72.4 cm³/mol. The van der Waals surface area contributed by atoms with Crippen LogP contribution in [0.1, 0.15) is 29.9 Å². The Bertz CT molecular complexity index is 643. The molecule has 5 nitrogen and oxygen atoms in total. The zero-order chi connectivity index (χ0) is 14.0. The van der Waals surface area contributed by atoms with E-state index in [2.05, 4.69) is 4.98 Å². The van der Waals surface area contributed by atoms with Gasteiger partial charge in [0.1, 0.15) is 5.75 Å². The minimum absolute atomic E-state index is 0.0336. The fourth-order valence-corrected chi connectivity index (χ4v) is 2.16. The third-order valence-electron chi connectivity index (χ3n) is 2.89. The van der Waals surface area contributed by atoms with Gasteiger partial charge in [-0.15, -0.1) is 0 Å². The second-order valence-electron chi connectivity index (χ2n) is 4.37. The molecule has 0 fully saturated rings. The van der Waals surface area contributed by atoms with Crippen molar-refractivity contribution in [1.29, 1.82) is 0 Å². The molecule has 1 heterocycles. The first-order valence-electron chi connectivity index (χ1n) is 6.07. The Hall–Kier alpha value is -2.14. The summed E-state index contributed by atoms with van der Waals surface area (Å²) in [5.41, 5.74) is 7.87. The van der Waals surface area contributed by atoms with Crippen LogP contribution in [0.4, 0.5) is 0 Å². The number of nitrogens with one attached hydrogen (secondary N) is 1. The maximum Gasteiger partial charge on any atom is 0.308 e. The number of hydrogen-bond donors (Lipinski definition) is 2. The number of fused-ring (bicyclic) bond motifs is 1. The number of nitrogens with two attached hydrogens (primary N) is 1. The number of rotatable bonds is 4. The molecular formula is C14H16N2O3. The van der Waals surface area contributed by atoms with E-state index >= 15 is 0 Å². The molecule has 0 spiro atoms. The molecule has 0 amide bonds. The van der Waals surface area contributed by atoms with Crippen molar-refractivity contribution in [1.82, 2.24) is 4.98 Å². The number of aromatic amines is 1. The van der Waals surface area contributed by atoms with E-state index in [1.807, 2.05) is 0 Å². The molecular weight excluding hydrogens is 244 g/mol. The van der Waals surface area contributed by atoms with Crippen molar-refractivity contribution in [2.24, 2.45) is 5.73 Å². The van der Waals surface area contributed by atoms with Crippen molar-refractivity contribution >= 4 is 22.7 Å². The van der Waals surface area contributed by atoms with E-state index in [0.29, 0.717) is 24.4 Å². The lowest BCUT2D eigenvalue weighted by molar-refractivity contribution is -0.131. The fourth-order valence-electron chi connectivity index (χ4n) is 2.16. The summed E-state index contributed by atoms with van der Waals surface area (Å²) in [6, 6.07) is 5.24. The number of carbonyl (C=O) groups is 2. The van der Waals surface area contributed by atoms with Gasteiger partial charge in [-0.05, 0) is 36.7 Å². The van der Waals surface area contributed by atoms with Crippen molar-refractivity contribution < 1.29 is 14.3 Å². The zero-order valence-electron chi connectivity index (χ0n) is 10.9. The third-order valence-corrected chi connectivity index (χ3v) is 2.89. The van der Waals surface area contributed by atoms with Crippen molar-refractivity contribution in [3.05, 3.63) is 29.5 Å². The molecule has 0 aliphatic carbocycles. The molecule has 0 unspecified atom stereocenters. The van der Waals surface area contributed by atoms with Crippen LogP contribution >= 0.6 is 0 Å². The molecule has 1 aromatic heterocycles. The standard InChI is InChI=1S/C14H16N2O3/c1-8(17)14-11(5-6-15)12-7-10(19-9(2)18)3-4-13(12)16-14/h3-4,7,16H,5-6,15H2,1-2H3. The van der Waals surface area contributed by atoms with E-state index in [-0.39, 0.29) is 11.8 Å². The van der Waals surface area contributed by atoms with E-state index < -0.39 is 0 Å². The van der Waals surface area contributed by atoms with Crippen molar-refractivity contribution in [2.45, 2.75) is 20.3 Å². The second-order valence-corrected chi connectivity index (χ2v) is 4.37. The van der Waals surface area contributed by atoms with Crippen LogP contribution in [0.15, 0.2) is 18.2 Å². The van der Waals surface area contributed by atoms with Crippen LogP contribution < -0.4 is 10.5 Å². The number of benzene rings is 1. The minimum Gasteiger partial charge on any atom is -0.427 e. The number of esters is 1. The molecule has 0 atom stereocenters. The molecule has 2 rings (SSSR count). The Labute approximate surface area is 110 Å². The highest BCUT2D eigenvalue weighted by atomic mass is 16.5. The van der Waals surface area contributed by atoms with Gasteiger partial charge in [-0.25, -0.2) is 0 Å². The SMILES string of the molecule is CC(=O)Oc1ccc2[nH]c(C(C)=O)c(CCN)c2c1. The lowest BCUT2D eigenvalue weighted by Crippen LogP contribution is -2.06. The molecule has 0 aliphatic heterocycles. The summed E-state index contributed by atoms with van der Waals surface area (Å²) in [7, 11) is 0. The zero-order valence-corrected chi connectivity index (χ0v) is 10.9. The van der Waals surface area contributed by atoms with Crippen LogP contribution in [0.5, 0.6) is 5.75 Å². The van der Waals surface area contributed by atoms with Gasteiger partial charge in [-0.2, -0.15) is 0 Å². The smallest absolute Gasteiger partial charge is 0.308 e. The maximum absolute atomic E-state index is 11.6. The van der Waals surface area contributed by atoms with Gasteiger partial charge in [0.2, 0.25) is 0 Å². The molecule has 5 heteroatoms. The highest BCUT2D eigenvalue weighted by molar-refractivity contribution is 6.01. The minimum atomic E-state index is -0.373. The van der Waals surface area contributed by atoms with Crippen LogP contribution in [-0.2, 0) is 11.2 Å². The average Bonchev–Trinajstić information content (AvgIpc) is 2.68. The topological polar surface area (TPSA) is 85.2 Å². The summed E-state index contributed by atoms with van der Waals surface area (Å²) in [4.78, 5) is 25.7. The molecule has 3 N–H and O–H groups in total. The predicted octanol–water partition coefficient (Wildman–Crippen LogP) is 1.80. The van der Waals surface area contributed by atoms with Crippen molar-refractivity contribution in [3.63, 3.8) is 0 Å². The molecule has 0 aliphatic rings. The fraction of sp³-hybridized carbons (Fsp3) is 0.286. The molecule has 0 radical (unpaired) electrons. The Kier molecular flexibility index (Phi) is 3.66. The molecule has 0 saturated heterocycles. The second kappa shape index (κ2) is 5.24. The largest absolute Gasteiger partial charge is 0.427 e. The van der Waals surface area contributed by atoms with Gasteiger partial charge in [0.15, 0.2) is 5.78 Å². The van der Waals surface area contributed by atoms with Gasteiger partial charge in [0.25, 0.3) is 0 Å². The van der Waals surface area contributed by atoms with Crippen molar-refractivity contribution in [2.75, 3.05) is 6.54 Å². The summed E-state index contributed by atoms with van der Waals surface area (Å²) < 4.78 is 5.06. The Morgan fingerprint density at radius 1 is 1.32 bits per heavy atom.